The van der Waals surface area contributed by atoms with Crippen molar-refractivity contribution in [3.05, 3.63) is 62.6 Å². The third kappa shape index (κ3) is 5.08. The number of hydrogen-bond donors (Lipinski definition) is 1. The van der Waals surface area contributed by atoms with Gasteiger partial charge in [-0.15, -0.1) is 0 Å². The summed E-state index contributed by atoms with van der Waals surface area (Å²) in [5.74, 6) is 0.306. The van der Waals surface area contributed by atoms with Crippen LogP contribution < -0.4 is 10.2 Å². The summed E-state index contributed by atoms with van der Waals surface area (Å²) in [6.45, 7) is 3.81. The zero-order chi connectivity index (χ0) is 16.8. The van der Waals surface area contributed by atoms with Gasteiger partial charge in [-0.25, -0.2) is 5.43 Å². The first-order valence-electron chi connectivity index (χ1n) is 6.93. The van der Waals surface area contributed by atoms with Gasteiger partial charge in [-0.1, -0.05) is 35.9 Å². The van der Waals surface area contributed by atoms with Crippen LogP contribution in [-0.4, -0.2) is 18.7 Å². The third-order valence-electron chi connectivity index (χ3n) is 3.02. The van der Waals surface area contributed by atoms with Crippen LogP contribution in [0.25, 0.3) is 0 Å². The van der Waals surface area contributed by atoms with E-state index >= 15 is 0 Å². The van der Waals surface area contributed by atoms with Crippen LogP contribution in [0.1, 0.15) is 16.7 Å². The van der Waals surface area contributed by atoms with E-state index in [9.17, 15) is 4.79 Å². The highest BCUT2D eigenvalue weighted by molar-refractivity contribution is 9.10. The van der Waals surface area contributed by atoms with E-state index in [4.69, 9.17) is 16.3 Å². The number of nitrogens with one attached hydrogen (secondary N) is 1. The Morgan fingerprint density at radius 3 is 2.78 bits per heavy atom. The molecule has 120 valence electrons. The van der Waals surface area contributed by atoms with Gasteiger partial charge in [0.05, 0.1) is 10.7 Å². The molecule has 2 aromatic carbocycles. The van der Waals surface area contributed by atoms with E-state index in [-0.39, 0.29) is 12.5 Å². The van der Waals surface area contributed by atoms with Crippen molar-refractivity contribution in [3.63, 3.8) is 0 Å². The molecule has 2 rings (SSSR count). The minimum atomic E-state index is -0.347. The minimum absolute atomic E-state index is 0.123. The Morgan fingerprint density at radius 1 is 1.35 bits per heavy atom. The van der Waals surface area contributed by atoms with Crippen LogP contribution in [0.4, 0.5) is 0 Å². The van der Waals surface area contributed by atoms with Gasteiger partial charge >= 0.3 is 0 Å². The standard InChI is InChI=1S/C17H16BrClN2O2/c1-11-7-12(2)17(14(18)8-11)23-10-16(22)21-20-9-13-5-3-4-6-15(13)19/h3-9H,10H2,1-2H3,(H,21,22)/b20-9-. The van der Waals surface area contributed by atoms with E-state index in [1.807, 2.05) is 38.1 Å². The lowest BCUT2D eigenvalue weighted by atomic mass is 10.1. The predicted octanol–water partition coefficient (Wildman–Crippen LogP) is 4.25. The first kappa shape index (κ1) is 17.5. The Hall–Kier alpha value is -1.85. The Labute approximate surface area is 148 Å². The monoisotopic (exact) mass is 394 g/mol. The number of benzene rings is 2. The fraction of sp³-hybridized carbons (Fsp3) is 0.176. The zero-order valence-corrected chi connectivity index (χ0v) is 15.1. The molecule has 1 amide bonds. The number of hydrazone groups is 1. The normalized spacial score (nSPS) is 10.8. The number of amides is 1. The first-order chi connectivity index (χ1) is 11.0. The molecular formula is C17H16BrClN2O2. The Bertz CT molecular complexity index is 724. The molecule has 0 atom stereocenters. The molecule has 6 heteroatoms. The summed E-state index contributed by atoms with van der Waals surface area (Å²) < 4.78 is 6.37. The van der Waals surface area contributed by atoms with Gasteiger partial charge in [-0.2, -0.15) is 5.10 Å². The van der Waals surface area contributed by atoms with Gasteiger partial charge in [0.2, 0.25) is 0 Å². The molecule has 0 spiro atoms. The average molecular weight is 396 g/mol. The van der Waals surface area contributed by atoms with Crippen LogP contribution >= 0.6 is 27.5 Å². The number of aryl methyl sites for hydroxylation is 2. The summed E-state index contributed by atoms with van der Waals surface area (Å²) in [4.78, 5) is 11.8. The quantitative estimate of drug-likeness (QED) is 0.608. The van der Waals surface area contributed by atoms with Gasteiger partial charge in [0.1, 0.15) is 5.75 Å². The average Bonchev–Trinajstić information content (AvgIpc) is 2.48. The third-order valence-corrected chi connectivity index (χ3v) is 3.95. The van der Waals surface area contributed by atoms with Crippen molar-refractivity contribution >= 4 is 39.7 Å². The zero-order valence-electron chi connectivity index (χ0n) is 12.8. The van der Waals surface area contributed by atoms with Gasteiger partial charge in [-0.3, -0.25) is 4.79 Å². The largest absolute Gasteiger partial charge is 0.482 e. The molecule has 4 nitrogen and oxygen atoms in total. The second-order valence-corrected chi connectivity index (χ2v) is 6.26. The van der Waals surface area contributed by atoms with Crippen molar-refractivity contribution in [3.8, 4) is 5.75 Å². The maximum Gasteiger partial charge on any atom is 0.277 e. The van der Waals surface area contributed by atoms with Gasteiger partial charge in [-0.05, 0) is 53.0 Å². The van der Waals surface area contributed by atoms with Gasteiger partial charge in [0.25, 0.3) is 5.91 Å². The number of ether oxygens (including phenoxy) is 1. The van der Waals surface area contributed by atoms with Crippen molar-refractivity contribution in [1.82, 2.24) is 5.43 Å². The van der Waals surface area contributed by atoms with E-state index in [2.05, 4.69) is 26.5 Å². The van der Waals surface area contributed by atoms with E-state index in [1.165, 1.54) is 6.21 Å². The number of nitrogens with zero attached hydrogens (tertiary/aromatic N) is 1. The summed E-state index contributed by atoms with van der Waals surface area (Å²) in [5, 5.41) is 4.44. The maximum atomic E-state index is 11.8. The van der Waals surface area contributed by atoms with Crippen LogP contribution in [0.15, 0.2) is 46.0 Å². The lowest BCUT2D eigenvalue weighted by Gasteiger charge is -2.11. The number of hydrogen-bond acceptors (Lipinski definition) is 3. The second kappa shape index (κ2) is 8.13. The van der Waals surface area contributed by atoms with E-state index in [1.54, 1.807) is 12.1 Å². The number of rotatable bonds is 5. The molecule has 0 aliphatic rings. The predicted molar refractivity (Wildman–Crippen MR) is 96.3 cm³/mol. The van der Waals surface area contributed by atoms with Crippen LogP contribution in [0.5, 0.6) is 5.75 Å². The van der Waals surface area contributed by atoms with Crippen molar-refractivity contribution in [2.45, 2.75) is 13.8 Å². The number of carbonyl (C=O) groups excluding carboxylic acids is 1. The molecular weight excluding hydrogens is 380 g/mol. The summed E-state index contributed by atoms with van der Waals surface area (Å²) in [6.07, 6.45) is 1.49. The Kier molecular flexibility index (Phi) is 6.19. The van der Waals surface area contributed by atoms with Crippen LogP contribution in [0.2, 0.25) is 5.02 Å². The van der Waals surface area contributed by atoms with Crippen molar-refractivity contribution in [1.29, 1.82) is 0 Å². The Balaban J connectivity index is 1.90. The lowest BCUT2D eigenvalue weighted by molar-refractivity contribution is -0.123. The van der Waals surface area contributed by atoms with Crippen LogP contribution in [0, 0.1) is 13.8 Å². The summed E-state index contributed by atoms with van der Waals surface area (Å²) in [6, 6.07) is 11.2. The van der Waals surface area contributed by atoms with Crippen LogP contribution in [0.3, 0.4) is 0 Å². The second-order valence-electron chi connectivity index (χ2n) is 5.00. The molecule has 0 saturated carbocycles. The first-order valence-corrected chi connectivity index (χ1v) is 8.10. The molecule has 0 fully saturated rings. The molecule has 0 bridgehead atoms. The molecule has 0 radical (unpaired) electrons. The molecule has 1 N–H and O–H groups in total. The molecule has 0 aliphatic carbocycles. The summed E-state index contributed by atoms with van der Waals surface area (Å²) in [7, 11) is 0. The van der Waals surface area contributed by atoms with Crippen molar-refractivity contribution in [2.24, 2.45) is 5.10 Å². The van der Waals surface area contributed by atoms with E-state index < -0.39 is 0 Å². The number of halogens is 2. The highest BCUT2D eigenvalue weighted by Gasteiger charge is 2.08. The highest BCUT2D eigenvalue weighted by Crippen LogP contribution is 2.30. The van der Waals surface area contributed by atoms with Gasteiger partial charge in [0.15, 0.2) is 6.61 Å². The molecule has 2 aromatic rings. The molecule has 0 unspecified atom stereocenters. The minimum Gasteiger partial charge on any atom is -0.482 e. The lowest BCUT2D eigenvalue weighted by Crippen LogP contribution is -2.24. The summed E-state index contributed by atoms with van der Waals surface area (Å²) in [5.41, 5.74) is 5.22. The van der Waals surface area contributed by atoms with E-state index in [0.717, 1.165) is 21.2 Å². The number of carbonyl (C=O) groups is 1. The fourth-order valence-corrected chi connectivity index (χ4v) is 2.98. The van der Waals surface area contributed by atoms with Crippen molar-refractivity contribution < 1.29 is 9.53 Å². The van der Waals surface area contributed by atoms with Crippen LogP contribution in [-0.2, 0) is 4.79 Å². The molecule has 0 aliphatic heterocycles. The summed E-state index contributed by atoms with van der Waals surface area (Å²) >= 11 is 9.43. The Morgan fingerprint density at radius 2 is 2.09 bits per heavy atom. The van der Waals surface area contributed by atoms with Gasteiger partial charge in [0, 0.05) is 10.6 Å². The van der Waals surface area contributed by atoms with Crippen molar-refractivity contribution in [2.75, 3.05) is 6.61 Å². The van der Waals surface area contributed by atoms with E-state index in [0.29, 0.717) is 10.8 Å². The molecule has 0 aromatic heterocycles. The van der Waals surface area contributed by atoms with Gasteiger partial charge < -0.3 is 4.74 Å². The molecule has 0 saturated heterocycles. The smallest absolute Gasteiger partial charge is 0.277 e. The molecule has 23 heavy (non-hydrogen) atoms. The topological polar surface area (TPSA) is 50.7 Å². The SMILES string of the molecule is Cc1cc(C)c(OCC(=O)N/N=C\c2ccccc2Cl)c(Br)c1. The highest BCUT2D eigenvalue weighted by atomic mass is 79.9. The molecule has 0 heterocycles. The fourth-order valence-electron chi connectivity index (χ4n) is 2.01. The maximum absolute atomic E-state index is 11.8.